The van der Waals surface area contributed by atoms with Crippen molar-refractivity contribution >= 4 is 17.2 Å². The smallest absolute Gasteiger partial charge is 0.132 e. The van der Waals surface area contributed by atoms with Crippen molar-refractivity contribution in [2.45, 2.75) is 13.8 Å². The molecule has 0 bridgehead atoms. The Morgan fingerprint density at radius 1 is 1.17 bits per heavy atom. The number of nitrogens with zero attached hydrogens (tertiary/aromatic N) is 1. The fraction of sp³-hybridized carbons (Fsp3) is 0.214. The van der Waals surface area contributed by atoms with Crippen LogP contribution in [0, 0.1) is 13.8 Å². The summed E-state index contributed by atoms with van der Waals surface area (Å²) in [6.45, 7) is 3.94. The molecule has 0 fully saturated rings. The van der Waals surface area contributed by atoms with Gasteiger partial charge < -0.3 is 15.8 Å². The van der Waals surface area contributed by atoms with Crippen LogP contribution in [0.4, 0.5) is 17.2 Å². The number of pyridine rings is 1. The average molecular weight is 243 g/mol. The Labute approximate surface area is 107 Å². The van der Waals surface area contributed by atoms with E-state index < -0.39 is 0 Å². The predicted molar refractivity (Wildman–Crippen MR) is 74.4 cm³/mol. The Morgan fingerprint density at radius 3 is 2.56 bits per heavy atom. The molecule has 2 aromatic rings. The van der Waals surface area contributed by atoms with Gasteiger partial charge in [-0.2, -0.15) is 0 Å². The zero-order valence-electron chi connectivity index (χ0n) is 10.8. The molecule has 0 amide bonds. The third kappa shape index (κ3) is 2.53. The summed E-state index contributed by atoms with van der Waals surface area (Å²) in [7, 11) is 1.66. The first-order valence-corrected chi connectivity index (χ1v) is 5.74. The summed E-state index contributed by atoms with van der Waals surface area (Å²) < 4.78 is 5.22. The second kappa shape index (κ2) is 4.96. The Morgan fingerprint density at radius 2 is 1.94 bits per heavy atom. The van der Waals surface area contributed by atoms with Gasteiger partial charge in [-0.15, -0.1) is 0 Å². The molecule has 0 aliphatic rings. The molecule has 0 aliphatic carbocycles. The van der Waals surface area contributed by atoms with Crippen LogP contribution < -0.4 is 15.8 Å². The van der Waals surface area contributed by atoms with E-state index in [0.717, 1.165) is 34.1 Å². The third-order valence-corrected chi connectivity index (χ3v) is 2.81. The van der Waals surface area contributed by atoms with E-state index in [-0.39, 0.29) is 0 Å². The number of benzene rings is 1. The van der Waals surface area contributed by atoms with Gasteiger partial charge in [0.05, 0.1) is 7.11 Å². The molecule has 2 rings (SSSR count). The van der Waals surface area contributed by atoms with Gasteiger partial charge in [-0.3, -0.25) is 0 Å². The van der Waals surface area contributed by atoms with Gasteiger partial charge in [-0.1, -0.05) is 0 Å². The zero-order chi connectivity index (χ0) is 13.1. The van der Waals surface area contributed by atoms with Crippen LogP contribution in [0.2, 0.25) is 0 Å². The van der Waals surface area contributed by atoms with E-state index in [9.17, 15) is 0 Å². The zero-order valence-corrected chi connectivity index (χ0v) is 10.8. The lowest BCUT2D eigenvalue weighted by Gasteiger charge is -2.10. The highest BCUT2D eigenvalue weighted by Crippen LogP contribution is 2.24. The van der Waals surface area contributed by atoms with Crippen molar-refractivity contribution in [3.8, 4) is 5.75 Å². The van der Waals surface area contributed by atoms with Gasteiger partial charge in [-0.25, -0.2) is 4.98 Å². The minimum absolute atomic E-state index is 0.734. The summed E-state index contributed by atoms with van der Waals surface area (Å²) in [5.41, 5.74) is 9.60. The van der Waals surface area contributed by atoms with Crippen molar-refractivity contribution in [2.24, 2.45) is 0 Å². The predicted octanol–water partition coefficient (Wildman–Crippen LogP) is 3.03. The Balaban J connectivity index is 2.23. The Bertz CT molecular complexity index is 567. The minimum Gasteiger partial charge on any atom is -0.496 e. The summed E-state index contributed by atoms with van der Waals surface area (Å²) in [5, 5.41) is 3.22. The van der Waals surface area contributed by atoms with Crippen LogP contribution in [0.1, 0.15) is 11.1 Å². The van der Waals surface area contributed by atoms with Gasteiger partial charge in [0, 0.05) is 23.6 Å². The van der Waals surface area contributed by atoms with Gasteiger partial charge in [0.2, 0.25) is 0 Å². The first-order valence-electron chi connectivity index (χ1n) is 5.74. The largest absolute Gasteiger partial charge is 0.496 e. The van der Waals surface area contributed by atoms with E-state index >= 15 is 0 Å². The van der Waals surface area contributed by atoms with Gasteiger partial charge in [0.1, 0.15) is 11.6 Å². The van der Waals surface area contributed by atoms with Crippen molar-refractivity contribution in [1.82, 2.24) is 4.98 Å². The highest BCUT2D eigenvalue weighted by Gasteiger charge is 2.02. The lowest BCUT2D eigenvalue weighted by molar-refractivity contribution is 0.412. The standard InChI is InChI=1S/C14H17N3O/c1-9-6-11(4-5-13(9)18-3)17-14-7-12(15)10(2)8-16-14/h4-8H,1-3H3,(H3,15,16,17). The number of aryl methyl sites for hydroxylation is 2. The van der Waals surface area contributed by atoms with Gasteiger partial charge in [0.25, 0.3) is 0 Å². The Kier molecular flexibility index (Phi) is 3.37. The first kappa shape index (κ1) is 12.2. The van der Waals surface area contributed by atoms with E-state index in [0.29, 0.717) is 0 Å². The van der Waals surface area contributed by atoms with Crippen LogP contribution in [0.3, 0.4) is 0 Å². The van der Waals surface area contributed by atoms with E-state index in [2.05, 4.69) is 10.3 Å². The fourth-order valence-electron chi connectivity index (χ4n) is 1.71. The number of hydrogen-bond donors (Lipinski definition) is 2. The molecule has 0 atom stereocenters. The van der Waals surface area contributed by atoms with E-state index in [1.54, 1.807) is 13.3 Å². The second-order valence-corrected chi connectivity index (χ2v) is 4.24. The number of nitrogens with two attached hydrogens (primary N) is 1. The minimum atomic E-state index is 0.734. The van der Waals surface area contributed by atoms with E-state index in [1.165, 1.54) is 0 Å². The molecule has 0 saturated heterocycles. The van der Waals surface area contributed by atoms with E-state index in [1.807, 2.05) is 38.1 Å². The molecule has 0 spiro atoms. The number of hydrogen-bond acceptors (Lipinski definition) is 4. The molecule has 18 heavy (non-hydrogen) atoms. The summed E-state index contributed by atoms with van der Waals surface area (Å²) in [5.74, 6) is 1.61. The van der Waals surface area contributed by atoms with Crippen molar-refractivity contribution < 1.29 is 4.74 Å². The maximum absolute atomic E-state index is 5.85. The maximum atomic E-state index is 5.85. The van der Waals surface area contributed by atoms with Crippen LogP contribution >= 0.6 is 0 Å². The summed E-state index contributed by atoms with van der Waals surface area (Å²) in [6, 6.07) is 7.71. The number of rotatable bonds is 3. The number of methoxy groups -OCH3 is 1. The van der Waals surface area contributed by atoms with Gasteiger partial charge >= 0.3 is 0 Å². The normalized spacial score (nSPS) is 10.2. The quantitative estimate of drug-likeness (QED) is 0.869. The number of aromatic nitrogens is 1. The molecule has 1 aromatic carbocycles. The molecular formula is C14H17N3O. The lowest BCUT2D eigenvalue weighted by Crippen LogP contribution is -1.98. The first-order chi connectivity index (χ1) is 8.60. The van der Waals surface area contributed by atoms with Crippen LogP contribution in [0.15, 0.2) is 30.5 Å². The summed E-state index contributed by atoms with van der Waals surface area (Å²) in [4.78, 5) is 4.28. The van der Waals surface area contributed by atoms with Gasteiger partial charge in [0.15, 0.2) is 0 Å². The van der Waals surface area contributed by atoms with Crippen LogP contribution in [0.5, 0.6) is 5.75 Å². The molecule has 3 N–H and O–H groups in total. The fourth-order valence-corrected chi connectivity index (χ4v) is 1.71. The summed E-state index contributed by atoms with van der Waals surface area (Å²) >= 11 is 0. The van der Waals surface area contributed by atoms with Crippen molar-refractivity contribution in [3.05, 3.63) is 41.6 Å². The SMILES string of the molecule is COc1ccc(Nc2cc(N)c(C)cn2)cc1C. The highest BCUT2D eigenvalue weighted by atomic mass is 16.5. The maximum Gasteiger partial charge on any atom is 0.132 e. The van der Waals surface area contributed by atoms with Crippen molar-refractivity contribution in [3.63, 3.8) is 0 Å². The molecule has 0 aliphatic heterocycles. The Hall–Kier alpha value is -2.23. The second-order valence-electron chi connectivity index (χ2n) is 4.24. The van der Waals surface area contributed by atoms with Crippen molar-refractivity contribution in [1.29, 1.82) is 0 Å². The molecule has 0 unspecified atom stereocenters. The highest BCUT2D eigenvalue weighted by molar-refractivity contribution is 5.63. The van der Waals surface area contributed by atoms with E-state index in [4.69, 9.17) is 10.5 Å². The number of anilines is 3. The third-order valence-electron chi connectivity index (χ3n) is 2.81. The molecule has 0 radical (unpaired) electrons. The molecule has 4 nitrogen and oxygen atoms in total. The molecule has 0 saturated carbocycles. The number of ether oxygens (including phenoxy) is 1. The van der Waals surface area contributed by atoms with Crippen LogP contribution in [-0.4, -0.2) is 12.1 Å². The molecular weight excluding hydrogens is 226 g/mol. The topological polar surface area (TPSA) is 60.2 Å². The molecule has 1 heterocycles. The average Bonchev–Trinajstić information content (AvgIpc) is 2.34. The monoisotopic (exact) mass is 243 g/mol. The molecule has 94 valence electrons. The number of nitrogens with one attached hydrogen (secondary N) is 1. The molecule has 1 aromatic heterocycles. The number of nitrogen functional groups attached to an aromatic ring is 1. The van der Waals surface area contributed by atoms with Crippen molar-refractivity contribution in [2.75, 3.05) is 18.2 Å². The van der Waals surface area contributed by atoms with Gasteiger partial charge in [-0.05, 0) is 43.2 Å². The lowest BCUT2D eigenvalue weighted by atomic mass is 10.2. The molecule has 4 heteroatoms. The van der Waals surface area contributed by atoms with Crippen LogP contribution in [0.25, 0.3) is 0 Å². The van der Waals surface area contributed by atoms with Crippen LogP contribution in [-0.2, 0) is 0 Å². The summed E-state index contributed by atoms with van der Waals surface area (Å²) in [6.07, 6.45) is 1.76.